The third kappa shape index (κ3) is 5.76. The maximum Gasteiger partial charge on any atom is 0.257 e. The van der Waals surface area contributed by atoms with Gasteiger partial charge in [0.2, 0.25) is 0 Å². The van der Waals surface area contributed by atoms with Gasteiger partial charge in [0, 0.05) is 11.6 Å². The van der Waals surface area contributed by atoms with Gasteiger partial charge >= 0.3 is 0 Å². The molecule has 1 amide bonds. The molecule has 0 bridgehead atoms. The Morgan fingerprint density at radius 3 is 2.23 bits per heavy atom. The minimum Gasteiger partial charge on any atom is -0.360 e. The van der Waals surface area contributed by atoms with Crippen LogP contribution in [0.5, 0.6) is 0 Å². The van der Waals surface area contributed by atoms with Crippen molar-refractivity contribution in [2.45, 2.75) is 65.3 Å². The maximum atomic E-state index is 12.2. The molecule has 1 aromatic rings. The van der Waals surface area contributed by atoms with Gasteiger partial charge in [-0.2, -0.15) is 0 Å². The largest absolute Gasteiger partial charge is 0.360 e. The molecule has 3 nitrogen and oxygen atoms in total. The molecule has 0 radical (unpaired) electrons. The van der Waals surface area contributed by atoms with Crippen LogP contribution in [0, 0.1) is 0 Å². The van der Waals surface area contributed by atoms with Crippen molar-refractivity contribution >= 4 is 23.2 Å². The number of hydrogen-bond donors (Lipinski definition) is 2. The van der Waals surface area contributed by atoms with Gasteiger partial charge in [-0.25, -0.2) is 0 Å². The summed E-state index contributed by atoms with van der Waals surface area (Å²) in [6.07, 6.45) is 3.13. The van der Waals surface area contributed by atoms with Gasteiger partial charge in [-0.15, -0.1) is 0 Å². The molecule has 4 heteroatoms. The van der Waals surface area contributed by atoms with Crippen LogP contribution in [0.2, 0.25) is 0 Å². The fraction of sp³-hybridized carbons (Fsp3) is 0.556. The van der Waals surface area contributed by atoms with Gasteiger partial charge in [0.15, 0.2) is 5.11 Å². The predicted molar refractivity (Wildman–Crippen MR) is 97.3 cm³/mol. The van der Waals surface area contributed by atoms with Crippen molar-refractivity contribution in [1.29, 1.82) is 0 Å². The molecule has 1 unspecified atom stereocenters. The molecule has 1 atom stereocenters. The first-order valence-electron chi connectivity index (χ1n) is 8.00. The first-order chi connectivity index (χ1) is 10.3. The minimum absolute atomic E-state index is 0.0837. The molecule has 1 rings (SSSR count). The van der Waals surface area contributed by atoms with Gasteiger partial charge in [0.05, 0.1) is 0 Å². The third-order valence-corrected chi connectivity index (χ3v) is 3.93. The molecule has 0 fully saturated rings. The summed E-state index contributed by atoms with van der Waals surface area (Å²) in [6, 6.07) is 8.01. The van der Waals surface area contributed by atoms with E-state index in [0.717, 1.165) is 19.3 Å². The molecule has 2 N–H and O–H groups in total. The SMILES string of the molecule is CCCC(CC)NC(=S)NC(=O)c1ccc(C(C)(C)C)cc1. The van der Waals surface area contributed by atoms with Crippen molar-refractivity contribution in [1.82, 2.24) is 10.6 Å². The molecular weight excluding hydrogens is 292 g/mol. The molecule has 0 aromatic heterocycles. The summed E-state index contributed by atoms with van der Waals surface area (Å²) in [5.41, 5.74) is 1.92. The van der Waals surface area contributed by atoms with Crippen molar-refractivity contribution in [2.24, 2.45) is 0 Å². The zero-order valence-corrected chi connectivity index (χ0v) is 15.1. The van der Waals surface area contributed by atoms with E-state index in [2.05, 4.69) is 45.3 Å². The summed E-state index contributed by atoms with van der Waals surface area (Å²) < 4.78 is 0. The smallest absolute Gasteiger partial charge is 0.257 e. The van der Waals surface area contributed by atoms with Gasteiger partial charge in [-0.1, -0.05) is 53.2 Å². The van der Waals surface area contributed by atoms with Crippen LogP contribution in [-0.2, 0) is 5.41 Å². The molecule has 0 spiro atoms. The lowest BCUT2D eigenvalue weighted by Gasteiger charge is -2.20. The van der Waals surface area contributed by atoms with Crippen LogP contribution in [0.25, 0.3) is 0 Å². The summed E-state index contributed by atoms with van der Waals surface area (Å²) in [4.78, 5) is 12.2. The minimum atomic E-state index is -0.163. The van der Waals surface area contributed by atoms with E-state index < -0.39 is 0 Å². The Morgan fingerprint density at radius 2 is 1.77 bits per heavy atom. The highest BCUT2D eigenvalue weighted by atomic mass is 32.1. The highest BCUT2D eigenvalue weighted by Crippen LogP contribution is 2.22. The normalized spacial score (nSPS) is 12.6. The van der Waals surface area contributed by atoms with E-state index in [1.807, 2.05) is 24.3 Å². The number of rotatable bonds is 5. The quantitative estimate of drug-likeness (QED) is 0.800. The Balaban J connectivity index is 2.63. The molecule has 0 aliphatic carbocycles. The lowest BCUT2D eigenvalue weighted by Crippen LogP contribution is -2.44. The Bertz CT molecular complexity index is 503. The van der Waals surface area contributed by atoms with Crippen molar-refractivity contribution in [3.05, 3.63) is 35.4 Å². The number of carbonyl (C=O) groups is 1. The van der Waals surface area contributed by atoms with Gasteiger partial charge in [0.25, 0.3) is 5.91 Å². The number of benzene rings is 1. The van der Waals surface area contributed by atoms with E-state index in [1.165, 1.54) is 5.56 Å². The average molecular weight is 321 g/mol. The number of amides is 1. The van der Waals surface area contributed by atoms with Crippen LogP contribution in [-0.4, -0.2) is 17.1 Å². The van der Waals surface area contributed by atoms with E-state index in [-0.39, 0.29) is 11.3 Å². The van der Waals surface area contributed by atoms with Crippen molar-refractivity contribution in [3.8, 4) is 0 Å². The lowest BCUT2D eigenvalue weighted by molar-refractivity contribution is 0.0976. The number of hydrogen-bond acceptors (Lipinski definition) is 2. The molecular formula is C18H28N2OS. The van der Waals surface area contributed by atoms with Crippen LogP contribution >= 0.6 is 12.2 Å². The highest BCUT2D eigenvalue weighted by Gasteiger charge is 2.15. The fourth-order valence-electron chi connectivity index (χ4n) is 2.25. The Kier molecular flexibility index (Phi) is 7.01. The zero-order valence-electron chi connectivity index (χ0n) is 14.3. The number of carbonyl (C=O) groups excluding carboxylic acids is 1. The summed E-state index contributed by atoms with van der Waals surface area (Å²) in [7, 11) is 0. The van der Waals surface area contributed by atoms with Crippen LogP contribution in [0.1, 0.15) is 69.8 Å². The summed E-state index contributed by atoms with van der Waals surface area (Å²) in [5.74, 6) is -0.163. The van der Waals surface area contributed by atoms with E-state index in [0.29, 0.717) is 16.7 Å². The summed E-state index contributed by atoms with van der Waals surface area (Å²) in [6.45, 7) is 10.7. The van der Waals surface area contributed by atoms with Crippen LogP contribution < -0.4 is 10.6 Å². The van der Waals surface area contributed by atoms with Gasteiger partial charge in [-0.05, 0) is 48.2 Å². The first-order valence-corrected chi connectivity index (χ1v) is 8.41. The Labute approximate surface area is 139 Å². The molecule has 1 aromatic carbocycles. The second kappa shape index (κ2) is 8.28. The standard InChI is InChI=1S/C18H28N2OS/c1-6-8-15(7-2)19-17(22)20-16(21)13-9-11-14(12-10-13)18(3,4)5/h9-12,15H,6-8H2,1-5H3,(H2,19,20,21,22). The van der Waals surface area contributed by atoms with E-state index in [4.69, 9.17) is 12.2 Å². The average Bonchev–Trinajstić information content (AvgIpc) is 2.45. The number of nitrogens with one attached hydrogen (secondary N) is 2. The van der Waals surface area contributed by atoms with Crippen molar-refractivity contribution < 1.29 is 4.79 Å². The third-order valence-electron chi connectivity index (χ3n) is 3.71. The lowest BCUT2D eigenvalue weighted by atomic mass is 9.87. The predicted octanol–water partition coefficient (Wildman–Crippen LogP) is 4.17. The van der Waals surface area contributed by atoms with Gasteiger partial charge in [-0.3, -0.25) is 10.1 Å². The van der Waals surface area contributed by atoms with Crippen LogP contribution in [0.15, 0.2) is 24.3 Å². The van der Waals surface area contributed by atoms with E-state index in [1.54, 1.807) is 0 Å². The van der Waals surface area contributed by atoms with Crippen LogP contribution in [0.4, 0.5) is 0 Å². The van der Waals surface area contributed by atoms with Crippen LogP contribution in [0.3, 0.4) is 0 Å². The highest BCUT2D eigenvalue weighted by molar-refractivity contribution is 7.80. The maximum absolute atomic E-state index is 12.2. The zero-order chi connectivity index (χ0) is 16.8. The molecule has 22 heavy (non-hydrogen) atoms. The monoisotopic (exact) mass is 320 g/mol. The second-order valence-corrected chi connectivity index (χ2v) is 7.06. The molecule has 0 aliphatic heterocycles. The summed E-state index contributed by atoms with van der Waals surface area (Å²) in [5, 5.41) is 6.37. The second-order valence-electron chi connectivity index (χ2n) is 6.65. The molecule has 0 saturated carbocycles. The van der Waals surface area contributed by atoms with Crippen molar-refractivity contribution in [3.63, 3.8) is 0 Å². The van der Waals surface area contributed by atoms with Gasteiger partial charge < -0.3 is 5.32 Å². The fourth-order valence-corrected chi connectivity index (χ4v) is 2.50. The van der Waals surface area contributed by atoms with E-state index in [9.17, 15) is 4.79 Å². The topological polar surface area (TPSA) is 41.1 Å². The van der Waals surface area contributed by atoms with Gasteiger partial charge in [0.1, 0.15) is 0 Å². The molecule has 0 saturated heterocycles. The van der Waals surface area contributed by atoms with Crippen molar-refractivity contribution in [2.75, 3.05) is 0 Å². The molecule has 0 aliphatic rings. The molecule has 0 heterocycles. The van der Waals surface area contributed by atoms with E-state index >= 15 is 0 Å². The number of thiocarbonyl (C=S) groups is 1. The molecule has 122 valence electrons. The summed E-state index contributed by atoms with van der Waals surface area (Å²) >= 11 is 5.23. The first kappa shape index (κ1) is 18.6. The Hall–Kier alpha value is -1.42. The Morgan fingerprint density at radius 1 is 1.18 bits per heavy atom.